The third kappa shape index (κ3) is 4.14. The molecule has 5 aromatic heterocycles. The lowest BCUT2D eigenvalue weighted by atomic mass is 9.88. The molecule has 6 heteroatoms. The average molecular weight is 560 g/mol. The molecule has 6 nitrogen and oxygen atoms in total. The van der Waals surface area contributed by atoms with Crippen molar-refractivity contribution in [1.29, 1.82) is 0 Å². The van der Waals surface area contributed by atoms with Crippen LogP contribution in [0.15, 0.2) is 122 Å². The minimum Gasteiger partial charge on any atom is -0.457 e. The SMILES string of the molecule is CC(C)(C)c1ccnc(-n2c3ccccc3c3ccc(Oc4ccc5c6ccncc6n(-c6ccccn6)c5c4)cc32)c1. The summed E-state index contributed by atoms with van der Waals surface area (Å²) in [5.74, 6) is 3.23. The molecule has 8 aromatic rings. The van der Waals surface area contributed by atoms with Gasteiger partial charge in [-0.05, 0) is 71.6 Å². The topological polar surface area (TPSA) is 57.8 Å². The van der Waals surface area contributed by atoms with E-state index in [-0.39, 0.29) is 5.41 Å². The number of benzene rings is 3. The summed E-state index contributed by atoms with van der Waals surface area (Å²) in [7, 11) is 0. The molecule has 0 fully saturated rings. The Kier molecular flexibility index (Phi) is 5.59. The van der Waals surface area contributed by atoms with E-state index in [1.165, 1.54) is 10.9 Å². The average Bonchev–Trinajstić information content (AvgIpc) is 3.53. The number of ether oxygens (including phenoxy) is 1. The lowest BCUT2D eigenvalue weighted by Gasteiger charge is -2.20. The normalized spacial score (nSPS) is 12.1. The summed E-state index contributed by atoms with van der Waals surface area (Å²) in [6.45, 7) is 6.68. The summed E-state index contributed by atoms with van der Waals surface area (Å²) in [5, 5.41) is 4.58. The smallest absolute Gasteiger partial charge is 0.137 e. The molecule has 0 atom stereocenters. The first-order valence-electron chi connectivity index (χ1n) is 14.4. The molecular weight excluding hydrogens is 530 g/mol. The van der Waals surface area contributed by atoms with Crippen molar-refractivity contribution in [2.75, 3.05) is 0 Å². The van der Waals surface area contributed by atoms with E-state index in [1.807, 2.05) is 61.2 Å². The van der Waals surface area contributed by atoms with Crippen LogP contribution in [0.4, 0.5) is 0 Å². The molecule has 0 N–H and O–H groups in total. The fourth-order valence-electron chi connectivity index (χ4n) is 6.05. The standard InChI is InChI=1S/C37H29N5O/c1-37(2,3)24-15-19-40-36(20-24)41-31-9-5-4-8-27(31)28-13-11-25(21-32(28)41)43-26-12-14-29-30-16-18-38-23-34(30)42(33(29)22-26)35-10-6-7-17-39-35/h4-23H,1-3H3. The van der Waals surface area contributed by atoms with Gasteiger partial charge in [-0.15, -0.1) is 0 Å². The Bertz CT molecular complexity index is 2310. The first kappa shape index (κ1) is 25.2. The maximum Gasteiger partial charge on any atom is 0.137 e. The number of rotatable bonds is 4. The zero-order valence-corrected chi connectivity index (χ0v) is 24.2. The summed E-state index contributed by atoms with van der Waals surface area (Å²) in [6, 6.07) is 33.3. The van der Waals surface area contributed by atoms with E-state index in [1.54, 1.807) is 0 Å². The molecule has 0 unspecified atom stereocenters. The molecule has 0 aliphatic heterocycles. The van der Waals surface area contributed by atoms with Gasteiger partial charge in [0, 0.05) is 52.3 Å². The van der Waals surface area contributed by atoms with Gasteiger partial charge in [-0.3, -0.25) is 14.1 Å². The molecule has 5 heterocycles. The molecule has 0 radical (unpaired) electrons. The van der Waals surface area contributed by atoms with Gasteiger partial charge in [0.05, 0.1) is 28.3 Å². The Hall–Kier alpha value is -5.49. The predicted octanol–water partition coefficient (Wildman–Crippen LogP) is 9.16. The van der Waals surface area contributed by atoms with E-state index in [0.29, 0.717) is 0 Å². The number of fused-ring (bicyclic) bond motifs is 6. The van der Waals surface area contributed by atoms with E-state index in [4.69, 9.17) is 9.72 Å². The van der Waals surface area contributed by atoms with Gasteiger partial charge >= 0.3 is 0 Å². The Balaban J connectivity index is 1.28. The molecule has 0 amide bonds. The van der Waals surface area contributed by atoms with Crippen LogP contribution in [0.1, 0.15) is 26.3 Å². The van der Waals surface area contributed by atoms with E-state index in [0.717, 1.165) is 61.4 Å². The van der Waals surface area contributed by atoms with Gasteiger partial charge in [0.1, 0.15) is 23.1 Å². The van der Waals surface area contributed by atoms with E-state index >= 15 is 0 Å². The van der Waals surface area contributed by atoms with Gasteiger partial charge in [0.25, 0.3) is 0 Å². The number of pyridine rings is 3. The molecule has 0 saturated carbocycles. The fraction of sp³-hybridized carbons (Fsp3) is 0.108. The maximum absolute atomic E-state index is 6.56. The lowest BCUT2D eigenvalue weighted by molar-refractivity contribution is 0.484. The highest BCUT2D eigenvalue weighted by Gasteiger charge is 2.19. The van der Waals surface area contributed by atoms with Crippen LogP contribution < -0.4 is 4.74 Å². The summed E-state index contributed by atoms with van der Waals surface area (Å²) >= 11 is 0. The Morgan fingerprint density at radius 1 is 0.535 bits per heavy atom. The molecule has 3 aromatic carbocycles. The highest BCUT2D eigenvalue weighted by atomic mass is 16.5. The lowest BCUT2D eigenvalue weighted by Crippen LogP contribution is -2.12. The second-order valence-electron chi connectivity index (χ2n) is 11.9. The fourth-order valence-corrected chi connectivity index (χ4v) is 6.05. The summed E-state index contributed by atoms with van der Waals surface area (Å²) < 4.78 is 10.9. The zero-order chi connectivity index (χ0) is 29.1. The first-order valence-corrected chi connectivity index (χ1v) is 14.4. The zero-order valence-electron chi connectivity index (χ0n) is 24.2. The molecular formula is C37H29N5O. The monoisotopic (exact) mass is 559 g/mol. The molecule has 8 rings (SSSR count). The van der Waals surface area contributed by atoms with E-state index in [9.17, 15) is 0 Å². The van der Waals surface area contributed by atoms with Crippen molar-refractivity contribution in [3.05, 3.63) is 127 Å². The number of hydrogen-bond donors (Lipinski definition) is 0. The van der Waals surface area contributed by atoms with E-state index in [2.05, 4.69) is 101 Å². The minimum absolute atomic E-state index is 0.0111. The predicted molar refractivity (Wildman–Crippen MR) is 174 cm³/mol. The summed E-state index contributed by atoms with van der Waals surface area (Å²) in [4.78, 5) is 13.8. The van der Waals surface area contributed by atoms with Crippen molar-refractivity contribution < 1.29 is 4.74 Å². The van der Waals surface area contributed by atoms with Crippen LogP contribution in [-0.2, 0) is 5.41 Å². The van der Waals surface area contributed by atoms with Gasteiger partial charge < -0.3 is 4.74 Å². The molecule has 0 aliphatic rings. The Morgan fingerprint density at radius 2 is 1.19 bits per heavy atom. The molecule has 208 valence electrons. The van der Waals surface area contributed by atoms with Crippen LogP contribution in [-0.4, -0.2) is 24.1 Å². The Morgan fingerprint density at radius 3 is 1.91 bits per heavy atom. The van der Waals surface area contributed by atoms with Gasteiger partial charge in [-0.25, -0.2) is 9.97 Å². The van der Waals surface area contributed by atoms with Gasteiger partial charge in [-0.1, -0.05) is 45.0 Å². The van der Waals surface area contributed by atoms with E-state index < -0.39 is 0 Å². The maximum atomic E-state index is 6.56. The molecule has 0 saturated heterocycles. The highest BCUT2D eigenvalue weighted by molar-refractivity contribution is 6.10. The van der Waals surface area contributed by atoms with Crippen LogP contribution in [0.3, 0.4) is 0 Å². The van der Waals surface area contributed by atoms with Gasteiger partial charge in [-0.2, -0.15) is 0 Å². The third-order valence-electron chi connectivity index (χ3n) is 8.14. The first-order chi connectivity index (χ1) is 21.0. The highest BCUT2D eigenvalue weighted by Crippen LogP contribution is 2.38. The van der Waals surface area contributed by atoms with Crippen molar-refractivity contribution in [3.8, 4) is 23.1 Å². The van der Waals surface area contributed by atoms with Crippen LogP contribution in [0.25, 0.3) is 55.2 Å². The van der Waals surface area contributed by atoms with Crippen LogP contribution >= 0.6 is 0 Å². The second kappa shape index (κ2) is 9.53. The second-order valence-corrected chi connectivity index (χ2v) is 11.9. The minimum atomic E-state index is 0.0111. The van der Waals surface area contributed by atoms with Crippen molar-refractivity contribution >= 4 is 43.6 Å². The molecule has 0 bridgehead atoms. The van der Waals surface area contributed by atoms with Gasteiger partial charge in [0.15, 0.2) is 0 Å². The van der Waals surface area contributed by atoms with Crippen LogP contribution in [0.2, 0.25) is 0 Å². The summed E-state index contributed by atoms with van der Waals surface area (Å²) in [6.07, 6.45) is 7.43. The molecule has 43 heavy (non-hydrogen) atoms. The van der Waals surface area contributed by atoms with Crippen molar-refractivity contribution in [2.45, 2.75) is 26.2 Å². The molecule has 0 spiro atoms. The van der Waals surface area contributed by atoms with Crippen LogP contribution in [0, 0.1) is 0 Å². The quantitative estimate of drug-likeness (QED) is 0.216. The Labute approximate surface area is 248 Å². The van der Waals surface area contributed by atoms with Gasteiger partial charge in [0.2, 0.25) is 0 Å². The largest absolute Gasteiger partial charge is 0.457 e. The number of hydrogen-bond acceptors (Lipinski definition) is 4. The number of para-hydroxylation sites is 1. The van der Waals surface area contributed by atoms with Crippen molar-refractivity contribution in [1.82, 2.24) is 24.1 Å². The molecule has 0 aliphatic carbocycles. The van der Waals surface area contributed by atoms with Crippen molar-refractivity contribution in [3.63, 3.8) is 0 Å². The number of nitrogens with zero attached hydrogens (tertiary/aromatic N) is 5. The van der Waals surface area contributed by atoms with Crippen LogP contribution in [0.5, 0.6) is 11.5 Å². The third-order valence-corrected chi connectivity index (χ3v) is 8.14. The van der Waals surface area contributed by atoms with Crippen molar-refractivity contribution in [2.24, 2.45) is 0 Å². The number of aromatic nitrogens is 5. The summed E-state index contributed by atoms with van der Waals surface area (Å²) in [5.41, 5.74) is 5.43.